The molecule has 0 aliphatic rings. The maximum absolute atomic E-state index is 13.6. The second kappa shape index (κ2) is 9.25. The molecule has 2 aromatic carbocycles. The van der Waals surface area contributed by atoms with Crippen molar-refractivity contribution in [3.05, 3.63) is 80.5 Å². The Bertz CT molecular complexity index is 1430. The van der Waals surface area contributed by atoms with E-state index in [1.165, 1.54) is 13.1 Å². The molecule has 0 radical (unpaired) electrons. The lowest BCUT2D eigenvalue weighted by Crippen LogP contribution is -2.39. The topological polar surface area (TPSA) is 121 Å². The minimum Gasteiger partial charge on any atom is -0.385 e. The van der Waals surface area contributed by atoms with Crippen molar-refractivity contribution in [3.63, 3.8) is 0 Å². The van der Waals surface area contributed by atoms with Gasteiger partial charge in [0.1, 0.15) is 0 Å². The van der Waals surface area contributed by atoms with Crippen LogP contribution in [0.3, 0.4) is 0 Å². The van der Waals surface area contributed by atoms with Gasteiger partial charge in [0.2, 0.25) is 0 Å². The first kappa shape index (κ1) is 22.2. The van der Waals surface area contributed by atoms with Crippen molar-refractivity contribution < 1.29 is 8.78 Å². The lowest BCUT2D eigenvalue weighted by atomic mass is 10.2. The van der Waals surface area contributed by atoms with Crippen LogP contribution in [-0.4, -0.2) is 37.4 Å². The first-order chi connectivity index (χ1) is 15.9. The van der Waals surface area contributed by atoms with Crippen molar-refractivity contribution in [2.45, 2.75) is 13.0 Å². The normalized spacial score (nSPS) is 11.2. The van der Waals surface area contributed by atoms with Crippen LogP contribution in [0.25, 0.3) is 22.6 Å². The van der Waals surface area contributed by atoms with E-state index in [1.54, 1.807) is 12.1 Å². The zero-order valence-corrected chi connectivity index (χ0v) is 17.8. The van der Waals surface area contributed by atoms with Crippen LogP contribution in [0.2, 0.25) is 0 Å². The molecule has 0 fully saturated rings. The maximum atomic E-state index is 13.6. The molecular weight excluding hydrogens is 432 g/mol. The van der Waals surface area contributed by atoms with Crippen LogP contribution >= 0.6 is 0 Å². The van der Waals surface area contributed by atoms with E-state index in [0.717, 1.165) is 39.9 Å². The molecule has 0 atom stereocenters. The van der Waals surface area contributed by atoms with Crippen molar-refractivity contribution in [1.82, 2.24) is 24.3 Å². The van der Waals surface area contributed by atoms with Crippen LogP contribution in [0.15, 0.2) is 52.1 Å². The molecular formula is C22H21F2N7O2. The van der Waals surface area contributed by atoms with E-state index in [0.29, 0.717) is 17.7 Å². The molecule has 170 valence electrons. The zero-order chi connectivity index (χ0) is 23.5. The number of nitrogens with zero attached hydrogens (tertiary/aromatic N) is 5. The summed E-state index contributed by atoms with van der Waals surface area (Å²) in [6.07, 6.45) is 0.842. The van der Waals surface area contributed by atoms with E-state index in [2.05, 4.69) is 20.5 Å². The monoisotopic (exact) mass is 453 g/mol. The van der Waals surface area contributed by atoms with E-state index in [4.69, 9.17) is 5.73 Å². The summed E-state index contributed by atoms with van der Waals surface area (Å²) in [6, 6.07) is 10.6. The molecule has 9 nitrogen and oxygen atoms in total. The van der Waals surface area contributed by atoms with Gasteiger partial charge in [-0.2, -0.15) is 0 Å². The molecule has 3 N–H and O–H groups in total. The van der Waals surface area contributed by atoms with Gasteiger partial charge in [0.05, 0.1) is 6.54 Å². The summed E-state index contributed by atoms with van der Waals surface area (Å²) in [5.41, 5.74) is 5.94. The summed E-state index contributed by atoms with van der Waals surface area (Å²) >= 11 is 0. The van der Waals surface area contributed by atoms with Crippen molar-refractivity contribution >= 4 is 16.9 Å². The Kier molecular flexibility index (Phi) is 6.22. The third-order valence-electron chi connectivity index (χ3n) is 5.13. The highest BCUT2D eigenvalue weighted by Crippen LogP contribution is 2.19. The Morgan fingerprint density at radius 3 is 2.48 bits per heavy atom. The number of nitrogens with one attached hydrogen (secondary N) is 1. The summed E-state index contributed by atoms with van der Waals surface area (Å²) in [6.45, 7) is 1.20. The fraction of sp³-hybridized carbons (Fsp3) is 0.227. The van der Waals surface area contributed by atoms with Gasteiger partial charge >= 0.3 is 5.69 Å². The predicted octanol–water partition coefficient (Wildman–Crippen LogP) is 1.64. The molecule has 4 rings (SSSR count). The molecule has 0 saturated heterocycles. The van der Waals surface area contributed by atoms with E-state index < -0.39 is 22.9 Å². The van der Waals surface area contributed by atoms with Crippen LogP contribution in [0.4, 0.5) is 14.5 Å². The number of nitrogens with two attached hydrogens (primary N) is 1. The van der Waals surface area contributed by atoms with Crippen molar-refractivity contribution in [1.29, 1.82) is 0 Å². The minimum absolute atomic E-state index is 0.0448. The molecule has 4 aromatic rings. The van der Waals surface area contributed by atoms with Gasteiger partial charge < -0.3 is 11.1 Å². The van der Waals surface area contributed by atoms with Crippen LogP contribution in [0, 0.1) is 11.6 Å². The number of hydrogen-bond acceptors (Lipinski definition) is 7. The summed E-state index contributed by atoms with van der Waals surface area (Å²) in [7, 11) is 1.31. The molecule has 2 heterocycles. The molecule has 0 aliphatic carbocycles. The second-order valence-electron chi connectivity index (χ2n) is 7.44. The van der Waals surface area contributed by atoms with Crippen LogP contribution < -0.4 is 22.3 Å². The Morgan fingerprint density at radius 1 is 1.03 bits per heavy atom. The predicted molar refractivity (Wildman–Crippen MR) is 120 cm³/mol. The van der Waals surface area contributed by atoms with Gasteiger partial charge in [-0.25, -0.2) is 18.6 Å². The summed E-state index contributed by atoms with van der Waals surface area (Å²) in [5, 5.41) is 11.4. The number of halogens is 2. The van der Waals surface area contributed by atoms with Gasteiger partial charge in [0, 0.05) is 24.8 Å². The molecule has 0 bridgehead atoms. The molecule has 0 amide bonds. The Balaban J connectivity index is 1.74. The fourth-order valence-electron chi connectivity index (χ4n) is 3.32. The van der Waals surface area contributed by atoms with Crippen LogP contribution in [0.5, 0.6) is 0 Å². The Hall–Kier alpha value is -3.99. The van der Waals surface area contributed by atoms with Crippen LogP contribution in [-0.2, 0) is 13.6 Å². The minimum atomic E-state index is -1.04. The van der Waals surface area contributed by atoms with Crippen LogP contribution in [0.1, 0.15) is 12.0 Å². The smallest absolute Gasteiger partial charge is 0.332 e. The molecule has 0 spiro atoms. The van der Waals surface area contributed by atoms with E-state index in [1.807, 2.05) is 12.1 Å². The first-order valence-corrected chi connectivity index (χ1v) is 10.2. The maximum Gasteiger partial charge on any atom is 0.332 e. The van der Waals surface area contributed by atoms with Crippen molar-refractivity contribution in [3.8, 4) is 11.4 Å². The summed E-state index contributed by atoms with van der Waals surface area (Å²) in [5.74, 6) is -1.82. The molecule has 0 saturated carbocycles. The Morgan fingerprint density at radius 2 is 1.79 bits per heavy atom. The molecule has 0 aliphatic heterocycles. The SMILES string of the molecule is Cn1c(=O)c2nc(-c3ccc(NCCCN)cc3)nnc2n(Cc2ccc(F)c(F)c2)c1=O. The lowest BCUT2D eigenvalue weighted by molar-refractivity contribution is 0.506. The average Bonchev–Trinajstić information content (AvgIpc) is 2.83. The second-order valence-corrected chi connectivity index (χ2v) is 7.44. The van der Waals surface area contributed by atoms with Gasteiger partial charge in [0.25, 0.3) is 5.56 Å². The number of rotatable bonds is 7. The number of hydrogen-bond donors (Lipinski definition) is 2. The Labute approximate surface area is 186 Å². The quantitative estimate of drug-likeness (QED) is 0.408. The van der Waals surface area contributed by atoms with Gasteiger partial charge in [-0.3, -0.25) is 13.9 Å². The molecule has 0 unspecified atom stereocenters. The van der Waals surface area contributed by atoms with Gasteiger partial charge in [-0.15, -0.1) is 10.2 Å². The molecule has 33 heavy (non-hydrogen) atoms. The highest BCUT2D eigenvalue weighted by molar-refractivity contribution is 5.71. The van der Waals surface area contributed by atoms with E-state index in [9.17, 15) is 18.4 Å². The highest BCUT2D eigenvalue weighted by atomic mass is 19.2. The third-order valence-corrected chi connectivity index (χ3v) is 5.13. The molecule has 11 heteroatoms. The largest absolute Gasteiger partial charge is 0.385 e. The summed E-state index contributed by atoms with van der Waals surface area (Å²) in [4.78, 5) is 29.8. The van der Waals surface area contributed by atoms with E-state index >= 15 is 0 Å². The first-order valence-electron chi connectivity index (χ1n) is 10.2. The average molecular weight is 453 g/mol. The van der Waals surface area contributed by atoms with E-state index in [-0.39, 0.29) is 23.5 Å². The summed E-state index contributed by atoms with van der Waals surface area (Å²) < 4.78 is 28.9. The van der Waals surface area contributed by atoms with Gasteiger partial charge in [-0.1, -0.05) is 6.07 Å². The van der Waals surface area contributed by atoms with Crippen molar-refractivity contribution in [2.24, 2.45) is 12.8 Å². The highest BCUT2D eigenvalue weighted by Gasteiger charge is 2.17. The number of fused-ring (bicyclic) bond motifs is 1. The molecule has 2 aromatic heterocycles. The van der Waals surface area contributed by atoms with Gasteiger partial charge in [-0.05, 0) is 54.9 Å². The van der Waals surface area contributed by atoms with Crippen molar-refractivity contribution in [2.75, 3.05) is 18.4 Å². The lowest BCUT2D eigenvalue weighted by Gasteiger charge is -2.11. The van der Waals surface area contributed by atoms with Gasteiger partial charge in [0.15, 0.2) is 28.6 Å². The number of aromatic nitrogens is 5. The number of anilines is 1. The third kappa shape index (κ3) is 4.48. The standard InChI is InChI=1S/C22H21F2N7O2/c1-30-21(32)18-20(31(22(30)33)12-13-3-8-16(23)17(24)11-13)29-28-19(27-18)14-4-6-15(7-5-14)26-10-2-9-25/h3-8,11,26H,2,9-10,12,25H2,1H3. The fourth-order valence-corrected chi connectivity index (χ4v) is 3.32. The number of benzene rings is 2. The zero-order valence-electron chi connectivity index (χ0n) is 17.8.